The van der Waals surface area contributed by atoms with E-state index < -0.39 is 6.04 Å². The van der Waals surface area contributed by atoms with Gasteiger partial charge >= 0.3 is 0 Å². The number of hydrogen-bond donors (Lipinski definition) is 3. The smallest absolute Gasteiger partial charge is 0.242 e. The molecule has 1 atom stereocenters. The lowest BCUT2D eigenvalue weighted by molar-refractivity contribution is -0.128. The summed E-state index contributed by atoms with van der Waals surface area (Å²) in [5.74, 6) is -0.221. The summed E-state index contributed by atoms with van der Waals surface area (Å²) in [5, 5.41) is 5.39. The highest BCUT2D eigenvalue weighted by Gasteiger charge is 2.13. The van der Waals surface area contributed by atoms with Gasteiger partial charge in [0.2, 0.25) is 11.8 Å². The molecule has 0 spiro atoms. The summed E-state index contributed by atoms with van der Waals surface area (Å²) in [6, 6.07) is -0.461. The maximum atomic E-state index is 11.4. The summed E-state index contributed by atoms with van der Waals surface area (Å²) in [6.45, 7) is 4.91. The largest absolute Gasteiger partial charge is 0.354 e. The predicted molar refractivity (Wildman–Crippen MR) is 63.8 cm³/mol. The van der Waals surface area contributed by atoms with Crippen LogP contribution in [-0.4, -0.2) is 30.9 Å². The monoisotopic (exact) mass is 229 g/mol. The average molecular weight is 229 g/mol. The highest BCUT2D eigenvalue weighted by atomic mass is 16.2. The minimum absolute atomic E-state index is 0.0902. The molecule has 0 aliphatic rings. The van der Waals surface area contributed by atoms with E-state index in [1.54, 1.807) is 6.92 Å². The van der Waals surface area contributed by atoms with Gasteiger partial charge in [-0.15, -0.1) is 0 Å². The Balaban J connectivity index is 3.71. The van der Waals surface area contributed by atoms with Gasteiger partial charge in [0.15, 0.2) is 0 Å². The van der Waals surface area contributed by atoms with Crippen molar-refractivity contribution >= 4 is 11.8 Å². The van der Waals surface area contributed by atoms with Gasteiger partial charge in [-0.25, -0.2) is 0 Å². The summed E-state index contributed by atoms with van der Waals surface area (Å²) in [7, 11) is 0. The molecule has 0 heterocycles. The number of nitrogens with two attached hydrogens (primary N) is 1. The Bertz CT molecular complexity index is 219. The van der Waals surface area contributed by atoms with Crippen LogP contribution in [-0.2, 0) is 9.59 Å². The molecular weight excluding hydrogens is 206 g/mol. The number of carbonyl (C=O) groups excluding carboxylic acids is 2. The predicted octanol–water partition coefficient (Wildman–Crippen LogP) is 0.146. The second-order valence-electron chi connectivity index (χ2n) is 3.83. The van der Waals surface area contributed by atoms with Crippen LogP contribution in [0.15, 0.2) is 0 Å². The zero-order chi connectivity index (χ0) is 12.4. The Hall–Kier alpha value is -1.10. The fourth-order valence-electron chi connectivity index (χ4n) is 1.21. The molecule has 2 amide bonds. The third kappa shape index (κ3) is 7.23. The van der Waals surface area contributed by atoms with E-state index >= 15 is 0 Å². The van der Waals surface area contributed by atoms with E-state index in [1.807, 2.05) is 6.92 Å². The Kier molecular flexibility index (Phi) is 8.52. The van der Waals surface area contributed by atoms with Crippen molar-refractivity contribution in [3.8, 4) is 0 Å². The number of unbranched alkanes of at least 4 members (excludes halogenated alkanes) is 1. The van der Waals surface area contributed by atoms with Crippen LogP contribution < -0.4 is 16.4 Å². The summed E-state index contributed by atoms with van der Waals surface area (Å²) < 4.78 is 0. The first-order valence-electron chi connectivity index (χ1n) is 5.89. The van der Waals surface area contributed by atoms with Crippen LogP contribution >= 0.6 is 0 Å². The fraction of sp³-hybridized carbons (Fsp3) is 0.818. The highest BCUT2D eigenvalue weighted by molar-refractivity contribution is 5.87. The maximum absolute atomic E-state index is 11.4. The number of rotatable bonds is 8. The van der Waals surface area contributed by atoms with Crippen molar-refractivity contribution in [1.29, 1.82) is 0 Å². The van der Waals surface area contributed by atoms with Crippen LogP contribution in [0.5, 0.6) is 0 Å². The number of amides is 2. The molecule has 1 unspecified atom stereocenters. The van der Waals surface area contributed by atoms with E-state index in [9.17, 15) is 9.59 Å². The zero-order valence-corrected chi connectivity index (χ0v) is 10.2. The summed E-state index contributed by atoms with van der Waals surface area (Å²) >= 11 is 0. The standard InChI is InChI=1S/C11H23N3O2/c1-3-8-13-11(16)9(2)14-10(15)6-4-5-7-12/h9H,3-8,12H2,1-2H3,(H,13,16)(H,14,15). The summed E-state index contributed by atoms with van der Waals surface area (Å²) in [4.78, 5) is 22.8. The van der Waals surface area contributed by atoms with E-state index in [1.165, 1.54) is 0 Å². The van der Waals surface area contributed by atoms with E-state index in [4.69, 9.17) is 5.73 Å². The molecule has 0 aromatic heterocycles. The van der Waals surface area contributed by atoms with Crippen LogP contribution in [0.3, 0.4) is 0 Å². The van der Waals surface area contributed by atoms with Crippen molar-refractivity contribution in [3.63, 3.8) is 0 Å². The minimum Gasteiger partial charge on any atom is -0.354 e. The molecule has 0 aliphatic carbocycles. The Labute approximate surface area is 97.2 Å². The summed E-state index contributed by atoms with van der Waals surface area (Å²) in [6.07, 6.45) is 2.93. The van der Waals surface area contributed by atoms with Gasteiger partial charge in [-0.3, -0.25) is 9.59 Å². The van der Waals surface area contributed by atoms with Crippen molar-refractivity contribution in [2.24, 2.45) is 5.73 Å². The van der Waals surface area contributed by atoms with Gasteiger partial charge in [-0.1, -0.05) is 6.92 Å². The maximum Gasteiger partial charge on any atom is 0.242 e. The van der Waals surface area contributed by atoms with E-state index in [2.05, 4.69) is 10.6 Å². The van der Waals surface area contributed by atoms with Gasteiger partial charge in [0, 0.05) is 13.0 Å². The molecule has 0 aromatic rings. The third-order valence-corrected chi connectivity index (χ3v) is 2.18. The topological polar surface area (TPSA) is 84.2 Å². The SMILES string of the molecule is CCCNC(=O)C(C)NC(=O)CCCCN. The molecule has 16 heavy (non-hydrogen) atoms. The molecule has 0 radical (unpaired) electrons. The highest BCUT2D eigenvalue weighted by Crippen LogP contribution is 1.94. The van der Waals surface area contributed by atoms with Crippen molar-refractivity contribution < 1.29 is 9.59 Å². The lowest BCUT2D eigenvalue weighted by atomic mass is 10.2. The molecule has 0 saturated carbocycles. The first kappa shape index (κ1) is 14.9. The Morgan fingerprint density at radius 3 is 2.56 bits per heavy atom. The lowest BCUT2D eigenvalue weighted by Gasteiger charge is -2.13. The van der Waals surface area contributed by atoms with Gasteiger partial charge < -0.3 is 16.4 Å². The molecule has 0 rings (SSSR count). The van der Waals surface area contributed by atoms with E-state index in [0.717, 1.165) is 19.3 Å². The van der Waals surface area contributed by atoms with Gasteiger partial charge in [-0.05, 0) is 32.7 Å². The van der Waals surface area contributed by atoms with E-state index in [-0.39, 0.29) is 11.8 Å². The molecule has 0 bridgehead atoms. The van der Waals surface area contributed by atoms with Crippen LogP contribution in [0.25, 0.3) is 0 Å². The number of carbonyl (C=O) groups is 2. The van der Waals surface area contributed by atoms with Crippen molar-refractivity contribution in [2.45, 2.75) is 45.6 Å². The Morgan fingerprint density at radius 1 is 1.31 bits per heavy atom. The third-order valence-electron chi connectivity index (χ3n) is 2.18. The normalized spacial score (nSPS) is 11.9. The van der Waals surface area contributed by atoms with Crippen LogP contribution in [0.1, 0.15) is 39.5 Å². The molecule has 94 valence electrons. The van der Waals surface area contributed by atoms with Gasteiger partial charge in [0.25, 0.3) is 0 Å². The second-order valence-corrected chi connectivity index (χ2v) is 3.83. The first-order chi connectivity index (χ1) is 7.61. The molecular formula is C11H23N3O2. The van der Waals surface area contributed by atoms with Crippen LogP contribution in [0, 0.1) is 0 Å². The molecule has 0 fully saturated rings. The quantitative estimate of drug-likeness (QED) is 0.518. The molecule has 0 saturated heterocycles. The van der Waals surface area contributed by atoms with Crippen molar-refractivity contribution in [3.05, 3.63) is 0 Å². The van der Waals surface area contributed by atoms with Crippen molar-refractivity contribution in [2.75, 3.05) is 13.1 Å². The average Bonchev–Trinajstić information content (AvgIpc) is 2.26. The number of hydrogen-bond acceptors (Lipinski definition) is 3. The van der Waals surface area contributed by atoms with Gasteiger partial charge in [0.1, 0.15) is 6.04 Å². The van der Waals surface area contributed by atoms with Crippen LogP contribution in [0.4, 0.5) is 0 Å². The van der Waals surface area contributed by atoms with E-state index in [0.29, 0.717) is 19.5 Å². The molecule has 0 aliphatic heterocycles. The minimum atomic E-state index is -0.461. The lowest BCUT2D eigenvalue weighted by Crippen LogP contribution is -2.44. The first-order valence-corrected chi connectivity index (χ1v) is 5.89. The molecule has 4 N–H and O–H groups in total. The van der Waals surface area contributed by atoms with Gasteiger partial charge in [-0.2, -0.15) is 0 Å². The molecule has 0 aromatic carbocycles. The summed E-state index contributed by atoms with van der Waals surface area (Å²) in [5.41, 5.74) is 5.32. The molecule has 5 heteroatoms. The fourth-order valence-corrected chi connectivity index (χ4v) is 1.21. The second kappa shape index (κ2) is 9.15. The van der Waals surface area contributed by atoms with Crippen molar-refractivity contribution in [1.82, 2.24) is 10.6 Å². The van der Waals surface area contributed by atoms with Gasteiger partial charge in [0.05, 0.1) is 0 Å². The number of nitrogens with one attached hydrogen (secondary N) is 2. The molecule has 5 nitrogen and oxygen atoms in total. The Morgan fingerprint density at radius 2 is 2.00 bits per heavy atom. The zero-order valence-electron chi connectivity index (χ0n) is 10.2. The van der Waals surface area contributed by atoms with Crippen LogP contribution in [0.2, 0.25) is 0 Å².